The minimum atomic E-state index is -0.154. The van der Waals surface area contributed by atoms with Crippen LogP contribution in [0.2, 0.25) is 0 Å². The first-order valence-electron chi connectivity index (χ1n) is 8.88. The van der Waals surface area contributed by atoms with E-state index in [9.17, 15) is 9.59 Å². The molecule has 6 nitrogen and oxygen atoms in total. The van der Waals surface area contributed by atoms with Crippen molar-refractivity contribution in [2.45, 2.75) is 19.9 Å². The summed E-state index contributed by atoms with van der Waals surface area (Å²) < 4.78 is 10.7. The molecule has 1 aliphatic rings. The lowest BCUT2D eigenvalue weighted by Gasteiger charge is -2.31. The van der Waals surface area contributed by atoms with Crippen molar-refractivity contribution in [1.82, 2.24) is 4.90 Å². The number of anilines is 1. The van der Waals surface area contributed by atoms with Gasteiger partial charge in [-0.05, 0) is 41.8 Å². The fraction of sp³-hybridized carbons (Fsp3) is 0.333. The number of hydrogen-bond acceptors (Lipinski definition) is 4. The van der Waals surface area contributed by atoms with Crippen LogP contribution in [0.1, 0.15) is 18.1 Å². The molecule has 0 saturated heterocycles. The van der Waals surface area contributed by atoms with Crippen LogP contribution >= 0.6 is 0 Å². The Morgan fingerprint density at radius 1 is 1.04 bits per heavy atom. The third-order valence-electron chi connectivity index (χ3n) is 4.81. The molecule has 2 aromatic carbocycles. The highest BCUT2D eigenvalue weighted by atomic mass is 16.5. The zero-order chi connectivity index (χ0) is 19.4. The van der Waals surface area contributed by atoms with Gasteiger partial charge in [0, 0.05) is 25.7 Å². The number of benzene rings is 2. The van der Waals surface area contributed by atoms with Gasteiger partial charge in [0.05, 0.1) is 14.2 Å². The van der Waals surface area contributed by atoms with Crippen LogP contribution in [0.4, 0.5) is 5.69 Å². The van der Waals surface area contributed by atoms with Crippen LogP contribution in [-0.2, 0) is 22.6 Å². The molecule has 0 atom stereocenters. The third-order valence-corrected chi connectivity index (χ3v) is 4.81. The van der Waals surface area contributed by atoms with Gasteiger partial charge < -0.3 is 19.3 Å². The van der Waals surface area contributed by atoms with Gasteiger partial charge in [-0.1, -0.05) is 18.2 Å². The van der Waals surface area contributed by atoms with Crippen LogP contribution < -0.4 is 14.4 Å². The van der Waals surface area contributed by atoms with Crippen molar-refractivity contribution in [3.8, 4) is 11.5 Å². The summed E-state index contributed by atoms with van der Waals surface area (Å²) in [5.41, 5.74) is 2.92. The smallest absolute Gasteiger partial charge is 0.242 e. The van der Waals surface area contributed by atoms with Gasteiger partial charge in [-0.3, -0.25) is 9.59 Å². The lowest BCUT2D eigenvalue weighted by molar-refractivity contribution is -0.132. The second-order valence-electron chi connectivity index (χ2n) is 6.48. The molecular formula is C21H24N2O4. The maximum atomic E-state index is 12.8. The van der Waals surface area contributed by atoms with Crippen LogP contribution in [0, 0.1) is 0 Å². The molecule has 2 aromatic rings. The number of carbonyl (C=O) groups excluding carboxylic acids is 2. The van der Waals surface area contributed by atoms with Crippen molar-refractivity contribution >= 4 is 17.5 Å². The molecule has 3 rings (SSSR count). The van der Waals surface area contributed by atoms with E-state index in [0.29, 0.717) is 24.6 Å². The number of para-hydroxylation sites is 1. The Labute approximate surface area is 159 Å². The van der Waals surface area contributed by atoms with E-state index in [2.05, 4.69) is 0 Å². The molecule has 0 fully saturated rings. The minimum absolute atomic E-state index is 0.0297. The fourth-order valence-electron chi connectivity index (χ4n) is 3.32. The molecule has 0 spiro atoms. The summed E-state index contributed by atoms with van der Waals surface area (Å²) in [7, 11) is 3.21. The standard InChI is InChI=1S/C21H24N2O4/c1-15(24)23(18-7-5-4-6-8-18)14-21(25)22-10-9-16-11-19(26-2)20(27-3)12-17(16)13-22/h4-8,11-12H,9-10,13-14H2,1-3H3. The normalized spacial score (nSPS) is 12.9. The highest BCUT2D eigenvalue weighted by Gasteiger charge is 2.25. The number of nitrogens with zero attached hydrogens (tertiary/aromatic N) is 2. The summed E-state index contributed by atoms with van der Waals surface area (Å²) in [6, 6.07) is 13.1. The molecule has 0 aliphatic carbocycles. The molecule has 2 amide bonds. The Hall–Kier alpha value is -3.02. The van der Waals surface area contributed by atoms with Crippen LogP contribution in [0.3, 0.4) is 0 Å². The van der Waals surface area contributed by atoms with E-state index in [4.69, 9.17) is 9.47 Å². The van der Waals surface area contributed by atoms with Gasteiger partial charge in [0.2, 0.25) is 11.8 Å². The molecule has 0 unspecified atom stereocenters. The van der Waals surface area contributed by atoms with Gasteiger partial charge in [0.25, 0.3) is 0 Å². The number of rotatable bonds is 5. The number of amides is 2. The minimum Gasteiger partial charge on any atom is -0.493 e. The molecule has 1 heterocycles. The zero-order valence-electron chi connectivity index (χ0n) is 15.9. The van der Waals surface area contributed by atoms with Crippen molar-refractivity contribution in [3.05, 3.63) is 53.6 Å². The van der Waals surface area contributed by atoms with Crippen LogP contribution in [-0.4, -0.2) is 44.0 Å². The topological polar surface area (TPSA) is 59.1 Å². The quantitative estimate of drug-likeness (QED) is 0.814. The number of methoxy groups -OCH3 is 2. The molecule has 142 valence electrons. The highest BCUT2D eigenvalue weighted by Crippen LogP contribution is 2.33. The molecule has 1 aliphatic heterocycles. The second kappa shape index (κ2) is 8.12. The number of fused-ring (bicyclic) bond motifs is 1. The van der Waals surface area contributed by atoms with Crippen molar-refractivity contribution < 1.29 is 19.1 Å². The van der Waals surface area contributed by atoms with Gasteiger partial charge in [-0.25, -0.2) is 0 Å². The van der Waals surface area contributed by atoms with E-state index in [-0.39, 0.29) is 18.4 Å². The van der Waals surface area contributed by atoms with Gasteiger partial charge in [0.1, 0.15) is 6.54 Å². The van der Waals surface area contributed by atoms with Crippen molar-refractivity contribution in [1.29, 1.82) is 0 Å². The van der Waals surface area contributed by atoms with Crippen LogP contribution in [0.15, 0.2) is 42.5 Å². The Morgan fingerprint density at radius 2 is 1.67 bits per heavy atom. The predicted octanol–water partition coefficient (Wildman–Crippen LogP) is 2.64. The van der Waals surface area contributed by atoms with E-state index in [0.717, 1.165) is 23.2 Å². The van der Waals surface area contributed by atoms with E-state index in [1.165, 1.54) is 11.8 Å². The average molecular weight is 368 g/mol. The van der Waals surface area contributed by atoms with Gasteiger partial charge in [0.15, 0.2) is 11.5 Å². The third kappa shape index (κ3) is 4.05. The maximum absolute atomic E-state index is 12.8. The van der Waals surface area contributed by atoms with E-state index < -0.39 is 0 Å². The first-order chi connectivity index (χ1) is 13.0. The predicted molar refractivity (Wildman–Crippen MR) is 103 cm³/mol. The lowest BCUT2D eigenvalue weighted by atomic mass is 9.98. The molecular weight excluding hydrogens is 344 g/mol. The average Bonchev–Trinajstić information content (AvgIpc) is 2.70. The molecule has 0 radical (unpaired) electrons. The Balaban J connectivity index is 1.76. The molecule has 6 heteroatoms. The second-order valence-corrected chi connectivity index (χ2v) is 6.48. The fourth-order valence-corrected chi connectivity index (χ4v) is 3.32. The largest absolute Gasteiger partial charge is 0.493 e. The molecule has 0 bridgehead atoms. The number of ether oxygens (including phenoxy) is 2. The first kappa shape index (κ1) is 18.8. The molecule has 0 saturated carbocycles. The monoisotopic (exact) mass is 368 g/mol. The molecule has 27 heavy (non-hydrogen) atoms. The summed E-state index contributed by atoms with van der Waals surface area (Å²) in [5.74, 6) is 1.12. The SMILES string of the molecule is COc1cc2c(cc1OC)CN(C(=O)CN(C(C)=O)c1ccccc1)CC2. The van der Waals surface area contributed by atoms with Crippen LogP contribution in [0.25, 0.3) is 0 Å². The Morgan fingerprint density at radius 3 is 2.26 bits per heavy atom. The summed E-state index contributed by atoms with van der Waals surface area (Å²) >= 11 is 0. The van der Waals surface area contributed by atoms with Crippen molar-refractivity contribution in [3.63, 3.8) is 0 Å². The molecule has 0 aromatic heterocycles. The summed E-state index contributed by atoms with van der Waals surface area (Å²) in [5, 5.41) is 0. The Bertz CT molecular complexity index is 836. The maximum Gasteiger partial charge on any atom is 0.242 e. The highest BCUT2D eigenvalue weighted by molar-refractivity contribution is 5.97. The van der Waals surface area contributed by atoms with E-state index in [1.807, 2.05) is 42.5 Å². The Kier molecular flexibility index (Phi) is 5.64. The van der Waals surface area contributed by atoms with Gasteiger partial charge in [-0.15, -0.1) is 0 Å². The van der Waals surface area contributed by atoms with E-state index in [1.54, 1.807) is 19.1 Å². The van der Waals surface area contributed by atoms with Crippen molar-refractivity contribution in [2.24, 2.45) is 0 Å². The van der Waals surface area contributed by atoms with Gasteiger partial charge >= 0.3 is 0 Å². The lowest BCUT2D eigenvalue weighted by Crippen LogP contribution is -2.44. The molecule has 0 N–H and O–H groups in total. The number of hydrogen-bond donors (Lipinski definition) is 0. The summed E-state index contributed by atoms with van der Waals surface area (Å²) in [6.45, 7) is 2.61. The van der Waals surface area contributed by atoms with E-state index >= 15 is 0 Å². The zero-order valence-corrected chi connectivity index (χ0v) is 15.9. The van der Waals surface area contributed by atoms with Gasteiger partial charge in [-0.2, -0.15) is 0 Å². The van der Waals surface area contributed by atoms with Crippen molar-refractivity contribution in [2.75, 3.05) is 32.2 Å². The number of carbonyl (C=O) groups is 2. The summed E-state index contributed by atoms with van der Waals surface area (Å²) in [6.07, 6.45) is 0.743. The summed E-state index contributed by atoms with van der Waals surface area (Å²) in [4.78, 5) is 28.2. The first-order valence-corrected chi connectivity index (χ1v) is 8.88. The van der Waals surface area contributed by atoms with Crippen LogP contribution in [0.5, 0.6) is 11.5 Å².